The SMILES string of the molecule is COc1ccc(S(=O)(=O)Nc2ccc(NC3CCCC3)nc2)cc1C. The number of sulfonamides is 1. The molecule has 0 aliphatic heterocycles. The van der Waals surface area contributed by atoms with Crippen LogP contribution >= 0.6 is 0 Å². The molecule has 25 heavy (non-hydrogen) atoms. The largest absolute Gasteiger partial charge is 0.496 e. The number of pyridine rings is 1. The number of methoxy groups -OCH3 is 1. The third-order valence-corrected chi connectivity index (χ3v) is 5.78. The van der Waals surface area contributed by atoms with Gasteiger partial charge in [0.15, 0.2) is 0 Å². The van der Waals surface area contributed by atoms with E-state index in [1.165, 1.54) is 25.1 Å². The Kier molecular flexibility index (Phi) is 5.13. The predicted octanol–water partition coefficient (Wildman–Crippen LogP) is 3.55. The molecule has 0 bridgehead atoms. The quantitative estimate of drug-likeness (QED) is 0.822. The first kappa shape index (κ1) is 17.5. The van der Waals surface area contributed by atoms with E-state index in [-0.39, 0.29) is 4.90 Å². The van der Waals surface area contributed by atoms with E-state index < -0.39 is 10.0 Å². The van der Waals surface area contributed by atoms with E-state index in [0.29, 0.717) is 17.5 Å². The molecule has 2 aromatic rings. The summed E-state index contributed by atoms with van der Waals surface area (Å²) < 4.78 is 32.8. The van der Waals surface area contributed by atoms with Crippen LogP contribution in [0.1, 0.15) is 31.2 Å². The molecular formula is C18H23N3O3S. The van der Waals surface area contributed by atoms with Crippen molar-refractivity contribution in [3.63, 3.8) is 0 Å². The topological polar surface area (TPSA) is 80.3 Å². The van der Waals surface area contributed by atoms with Crippen molar-refractivity contribution < 1.29 is 13.2 Å². The zero-order chi connectivity index (χ0) is 17.9. The van der Waals surface area contributed by atoms with Crippen LogP contribution in [0.2, 0.25) is 0 Å². The number of nitrogens with zero attached hydrogens (tertiary/aromatic N) is 1. The number of benzene rings is 1. The van der Waals surface area contributed by atoms with Gasteiger partial charge in [0.25, 0.3) is 10.0 Å². The summed E-state index contributed by atoms with van der Waals surface area (Å²) in [7, 11) is -2.10. The van der Waals surface area contributed by atoms with Gasteiger partial charge in [-0.2, -0.15) is 0 Å². The minimum Gasteiger partial charge on any atom is -0.496 e. The first-order chi connectivity index (χ1) is 12.0. The third kappa shape index (κ3) is 4.22. The van der Waals surface area contributed by atoms with E-state index >= 15 is 0 Å². The molecule has 1 aliphatic carbocycles. The van der Waals surface area contributed by atoms with Crippen molar-refractivity contribution in [1.29, 1.82) is 0 Å². The second-order valence-corrected chi connectivity index (χ2v) is 7.98. The smallest absolute Gasteiger partial charge is 0.261 e. The van der Waals surface area contributed by atoms with E-state index in [1.54, 1.807) is 31.4 Å². The van der Waals surface area contributed by atoms with Crippen LogP contribution in [0.3, 0.4) is 0 Å². The van der Waals surface area contributed by atoms with Crippen molar-refractivity contribution in [3.05, 3.63) is 42.1 Å². The predicted molar refractivity (Wildman–Crippen MR) is 98.7 cm³/mol. The van der Waals surface area contributed by atoms with Crippen LogP contribution in [-0.2, 0) is 10.0 Å². The maximum atomic E-state index is 12.5. The summed E-state index contributed by atoms with van der Waals surface area (Å²) in [4.78, 5) is 4.50. The van der Waals surface area contributed by atoms with Crippen LogP contribution in [0.5, 0.6) is 5.75 Å². The number of hydrogen-bond donors (Lipinski definition) is 2. The maximum Gasteiger partial charge on any atom is 0.261 e. The average Bonchev–Trinajstić information content (AvgIpc) is 3.09. The van der Waals surface area contributed by atoms with Crippen molar-refractivity contribution in [2.45, 2.75) is 43.5 Å². The van der Waals surface area contributed by atoms with Crippen LogP contribution < -0.4 is 14.8 Å². The van der Waals surface area contributed by atoms with Gasteiger partial charge in [-0.25, -0.2) is 13.4 Å². The molecule has 2 N–H and O–H groups in total. The molecule has 7 heteroatoms. The van der Waals surface area contributed by atoms with Gasteiger partial charge in [-0.05, 0) is 55.7 Å². The lowest BCUT2D eigenvalue weighted by Crippen LogP contribution is -2.16. The van der Waals surface area contributed by atoms with Gasteiger partial charge >= 0.3 is 0 Å². The highest BCUT2D eigenvalue weighted by molar-refractivity contribution is 7.92. The number of anilines is 2. The van der Waals surface area contributed by atoms with E-state index in [0.717, 1.165) is 24.2 Å². The zero-order valence-electron chi connectivity index (χ0n) is 14.5. The van der Waals surface area contributed by atoms with E-state index in [2.05, 4.69) is 15.0 Å². The minimum absolute atomic E-state index is 0.193. The number of aryl methyl sites for hydroxylation is 1. The lowest BCUT2D eigenvalue weighted by molar-refractivity contribution is 0.411. The molecular weight excluding hydrogens is 338 g/mol. The van der Waals surface area contributed by atoms with Gasteiger partial charge in [0.2, 0.25) is 0 Å². The van der Waals surface area contributed by atoms with E-state index in [4.69, 9.17) is 4.74 Å². The summed E-state index contributed by atoms with van der Waals surface area (Å²) in [5.74, 6) is 1.43. The molecule has 1 aromatic carbocycles. The van der Waals surface area contributed by atoms with Gasteiger partial charge in [-0.15, -0.1) is 0 Å². The van der Waals surface area contributed by atoms with Crippen molar-refractivity contribution in [1.82, 2.24) is 4.98 Å². The first-order valence-corrected chi connectivity index (χ1v) is 9.86. The van der Waals surface area contributed by atoms with Crippen LogP contribution in [0.25, 0.3) is 0 Å². The van der Waals surface area contributed by atoms with Gasteiger partial charge in [0.1, 0.15) is 11.6 Å². The number of hydrogen-bond acceptors (Lipinski definition) is 5. The number of rotatable bonds is 6. The Morgan fingerprint density at radius 3 is 2.52 bits per heavy atom. The van der Waals surface area contributed by atoms with Gasteiger partial charge in [-0.3, -0.25) is 4.72 Å². The van der Waals surface area contributed by atoms with Crippen LogP contribution in [0.15, 0.2) is 41.4 Å². The highest BCUT2D eigenvalue weighted by Crippen LogP contribution is 2.24. The third-order valence-electron chi connectivity index (χ3n) is 4.40. The normalized spacial score (nSPS) is 15.1. The molecule has 0 amide bonds. The van der Waals surface area contributed by atoms with Gasteiger partial charge in [0.05, 0.1) is 23.9 Å². The summed E-state index contributed by atoms with van der Waals surface area (Å²) in [6, 6.07) is 8.75. The summed E-state index contributed by atoms with van der Waals surface area (Å²) in [5, 5.41) is 3.38. The molecule has 0 saturated heterocycles. The average molecular weight is 361 g/mol. The van der Waals surface area contributed by atoms with E-state index in [9.17, 15) is 8.42 Å². The van der Waals surface area contributed by atoms with Crippen LogP contribution in [0.4, 0.5) is 11.5 Å². The van der Waals surface area contributed by atoms with Crippen molar-refractivity contribution in [3.8, 4) is 5.75 Å². The van der Waals surface area contributed by atoms with E-state index in [1.807, 2.05) is 6.92 Å². The van der Waals surface area contributed by atoms with Crippen molar-refractivity contribution in [2.24, 2.45) is 0 Å². The number of nitrogens with one attached hydrogen (secondary N) is 2. The Labute approximate surface area is 148 Å². The highest BCUT2D eigenvalue weighted by Gasteiger charge is 2.17. The molecule has 1 saturated carbocycles. The maximum absolute atomic E-state index is 12.5. The van der Waals surface area contributed by atoms with Crippen LogP contribution in [-0.4, -0.2) is 26.6 Å². The Balaban J connectivity index is 1.71. The minimum atomic E-state index is -3.66. The van der Waals surface area contributed by atoms with Crippen molar-refractivity contribution in [2.75, 3.05) is 17.1 Å². The molecule has 0 radical (unpaired) electrons. The standard InChI is InChI=1S/C18H23N3O3S/c1-13-11-16(8-9-17(13)24-2)25(22,23)21-15-7-10-18(19-12-15)20-14-5-3-4-6-14/h7-12,14,21H,3-6H2,1-2H3,(H,19,20). The summed E-state index contributed by atoms with van der Waals surface area (Å²) in [5.41, 5.74) is 1.20. The molecule has 0 spiro atoms. The fraction of sp³-hybridized carbons (Fsp3) is 0.389. The molecule has 1 aliphatic rings. The number of ether oxygens (including phenoxy) is 1. The molecule has 3 rings (SSSR count). The Morgan fingerprint density at radius 2 is 1.92 bits per heavy atom. The van der Waals surface area contributed by atoms with Gasteiger partial charge in [-0.1, -0.05) is 12.8 Å². The summed E-state index contributed by atoms with van der Waals surface area (Å²) in [6.45, 7) is 1.81. The molecule has 134 valence electrons. The molecule has 0 atom stereocenters. The monoisotopic (exact) mass is 361 g/mol. The molecule has 1 fully saturated rings. The fourth-order valence-electron chi connectivity index (χ4n) is 3.05. The van der Waals surface area contributed by atoms with Gasteiger partial charge in [0, 0.05) is 6.04 Å². The Bertz CT molecular complexity index is 829. The number of aromatic nitrogens is 1. The first-order valence-electron chi connectivity index (χ1n) is 8.38. The second-order valence-electron chi connectivity index (χ2n) is 6.29. The fourth-order valence-corrected chi connectivity index (χ4v) is 4.18. The lowest BCUT2D eigenvalue weighted by Gasteiger charge is -2.13. The molecule has 6 nitrogen and oxygen atoms in total. The molecule has 0 unspecified atom stereocenters. The summed E-state index contributed by atoms with van der Waals surface area (Å²) >= 11 is 0. The lowest BCUT2D eigenvalue weighted by atomic mass is 10.2. The van der Waals surface area contributed by atoms with Crippen LogP contribution in [0, 0.1) is 6.92 Å². The highest BCUT2D eigenvalue weighted by atomic mass is 32.2. The van der Waals surface area contributed by atoms with Crippen molar-refractivity contribution >= 4 is 21.5 Å². The second kappa shape index (κ2) is 7.31. The Hall–Kier alpha value is -2.28. The summed E-state index contributed by atoms with van der Waals surface area (Å²) in [6.07, 6.45) is 6.35. The molecule has 1 heterocycles. The zero-order valence-corrected chi connectivity index (χ0v) is 15.3. The molecule has 1 aromatic heterocycles. The Morgan fingerprint density at radius 1 is 1.16 bits per heavy atom. The van der Waals surface area contributed by atoms with Gasteiger partial charge < -0.3 is 10.1 Å².